The Morgan fingerprint density at radius 2 is 1.84 bits per heavy atom. The highest BCUT2D eigenvalue weighted by Gasteiger charge is 2.25. The average Bonchev–Trinajstić information content (AvgIpc) is 2.50. The van der Waals surface area contributed by atoms with Crippen LogP contribution in [0.3, 0.4) is 0 Å². The normalized spacial score (nSPS) is 26.3. The SMILES string of the molecule is Cc1ccc(CN2CC(C)CN(C)C(CO)C2)cc1. The summed E-state index contributed by atoms with van der Waals surface area (Å²) in [6, 6.07) is 9.03. The van der Waals surface area contributed by atoms with E-state index in [2.05, 4.69) is 55.0 Å². The van der Waals surface area contributed by atoms with Crippen LogP contribution < -0.4 is 0 Å². The summed E-state index contributed by atoms with van der Waals surface area (Å²) >= 11 is 0. The maximum absolute atomic E-state index is 9.52. The lowest BCUT2D eigenvalue weighted by molar-refractivity contribution is 0.128. The Labute approximate surface area is 116 Å². The molecule has 1 N–H and O–H groups in total. The molecular formula is C16H26N2O. The molecule has 0 aliphatic carbocycles. The van der Waals surface area contributed by atoms with Crippen LogP contribution in [0.5, 0.6) is 0 Å². The molecule has 2 rings (SSSR count). The molecule has 0 saturated carbocycles. The van der Waals surface area contributed by atoms with E-state index in [1.165, 1.54) is 11.1 Å². The van der Waals surface area contributed by atoms with E-state index in [-0.39, 0.29) is 12.6 Å². The number of aliphatic hydroxyl groups is 1. The summed E-state index contributed by atoms with van der Waals surface area (Å²) in [6.45, 7) is 8.76. The molecule has 3 nitrogen and oxygen atoms in total. The molecule has 106 valence electrons. The summed E-state index contributed by atoms with van der Waals surface area (Å²) in [7, 11) is 2.12. The quantitative estimate of drug-likeness (QED) is 0.899. The van der Waals surface area contributed by atoms with Gasteiger partial charge in [0.15, 0.2) is 0 Å². The first kappa shape index (κ1) is 14.5. The van der Waals surface area contributed by atoms with Crippen molar-refractivity contribution < 1.29 is 5.11 Å². The fraction of sp³-hybridized carbons (Fsp3) is 0.625. The van der Waals surface area contributed by atoms with Crippen LogP contribution in [0.4, 0.5) is 0 Å². The zero-order chi connectivity index (χ0) is 13.8. The second-order valence-corrected chi connectivity index (χ2v) is 6.06. The molecule has 0 aromatic heterocycles. The Balaban J connectivity index is 2.03. The molecule has 1 aliphatic rings. The van der Waals surface area contributed by atoms with Gasteiger partial charge in [0.1, 0.15) is 0 Å². The first-order chi connectivity index (χ1) is 9.08. The number of likely N-dealkylation sites (N-methyl/N-ethyl adjacent to an activating group) is 1. The molecule has 0 bridgehead atoms. The minimum absolute atomic E-state index is 0.244. The first-order valence-corrected chi connectivity index (χ1v) is 7.17. The minimum Gasteiger partial charge on any atom is -0.395 e. The third-order valence-corrected chi connectivity index (χ3v) is 4.00. The van der Waals surface area contributed by atoms with Crippen LogP contribution in [0.2, 0.25) is 0 Å². The van der Waals surface area contributed by atoms with Gasteiger partial charge in [0.2, 0.25) is 0 Å². The zero-order valence-electron chi connectivity index (χ0n) is 12.3. The molecule has 1 heterocycles. The topological polar surface area (TPSA) is 26.7 Å². The highest BCUT2D eigenvalue weighted by Crippen LogP contribution is 2.15. The van der Waals surface area contributed by atoms with Crippen molar-refractivity contribution in [1.82, 2.24) is 9.80 Å². The van der Waals surface area contributed by atoms with Crippen LogP contribution >= 0.6 is 0 Å². The zero-order valence-corrected chi connectivity index (χ0v) is 12.3. The molecular weight excluding hydrogens is 236 g/mol. The van der Waals surface area contributed by atoms with Gasteiger partial charge in [-0.3, -0.25) is 9.80 Å². The molecule has 0 amide bonds. The fourth-order valence-electron chi connectivity index (χ4n) is 2.93. The van der Waals surface area contributed by atoms with Crippen molar-refractivity contribution >= 4 is 0 Å². The van der Waals surface area contributed by atoms with Gasteiger partial charge < -0.3 is 5.11 Å². The van der Waals surface area contributed by atoms with E-state index in [1.54, 1.807) is 0 Å². The van der Waals surface area contributed by atoms with Gasteiger partial charge in [0.25, 0.3) is 0 Å². The van der Waals surface area contributed by atoms with E-state index in [9.17, 15) is 5.11 Å². The van der Waals surface area contributed by atoms with Crippen LogP contribution in [0, 0.1) is 12.8 Å². The van der Waals surface area contributed by atoms with Crippen molar-refractivity contribution in [3.8, 4) is 0 Å². The summed E-state index contributed by atoms with van der Waals surface area (Å²) in [5.41, 5.74) is 2.67. The second-order valence-electron chi connectivity index (χ2n) is 6.06. The Kier molecular flexibility index (Phi) is 4.97. The van der Waals surface area contributed by atoms with Crippen molar-refractivity contribution in [3.05, 3.63) is 35.4 Å². The molecule has 1 aromatic carbocycles. The van der Waals surface area contributed by atoms with Gasteiger partial charge in [0, 0.05) is 32.2 Å². The second kappa shape index (κ2) is 6.51. The first-order valence-electron chi connectivity index (χ1n) is 7.17. The fourth-order valence-corrected chi connectivity index (χ4v) is 2.93. The molecule has 0 radical (unpaired) electrons. The van der Waals surface area contributed by atoms with E-state index in [4.69, 9.17) is 0 Å². The van der Waals surface area contributed by atoms with E-state index in [1.807, 2.05) is 0 Å². The summed E-state index contributed by atoms with van der Waals surface area (Å²) in [5.74, 6) is 0.645. The van der Waals surface area contributed by atoms with E-state index in [0.717, 1.165) is 26.2 Å². The monoisotopic (exact) mass is 262 g/mol. The molecule has 0 spiro atoms. The number of benzene rings is 1. The molecule has 1 aromatic rings. The number of rotatable bonds is 3. The van der Waals surface area contributed by atoms with Crippen LogP contribution in [0.15, 0.2) is 24.3 Å². The van der Waals surface area contributed by atoms with Gasteiger partial charge in [-0.15, -0.1) is 0 Å². The van der Waals surface area contributed by atoms with Crippen molar-refractivity contribution in [2.24, 2.45) is 5.92 Å². The van der Waals surface area contributed by atoms with Crippen molar-refractivity contribution in [3.63, 3.8) is 0 Å². The van der Waals surface area contributed by atoms with Gasteiger partial charge in [-0.05, 0) is 25.5 Å². The van der Waals surface area contributed by atoms with Gasteiger partial charge in [-0.2, -0.15) is 0 Å². The lowest BCUT2D eigenvalue weighted by Crippen LogP contribution is -2.41. The number of aliphatic hydroxyl groups excluding tert-OH is 1. The molecule has 3 heteroatoms. The third kappa shape index (κ3) is 4.03. The van der Waals surface area contributed by atoms with E-state index < -0.39 is 0 Å². The number of aryl methyl sites for hydroxylation is 1. The largest absolute Gasteiger partial charge is 0.395 e. The Bertz CT molecular complexity index is 390. The molecule has 2 atom stereocenters. The lowest BCUT2D eigenvalue weighted by Gasteiger charge is -2.27. The maximum Gasteiger partial charge on any atom is 0.0599 e. The molecule has 1 fully saturated rings. The molecule has 2 unspecified atom stereocenters. The predicted octanol–water partition coefficient (Wildman–Crippen LogP) is 1.74. The van der Waals surface area contributed by atoms with E-state index >= 15 is 0 Å². The standard InChI is InChI=1S/C16H26N2O/c1-13-4-6-15(7-5-13)10-18-9-14(2)8-17(3)16(11-18)12-19/h4-7,14,16,19H,8-12H2,1-3H3. The van der Waals surface area contributed by atoms with Gasteiger partial charge in [-0.1, -0.05) is 36.8 Å². The number of hydrogen-bond acceptors (Lipinski definition) is 3. The van der Waals surface area contributed by atoms with Crippen LogP contribution in [-0.4, -0.2) is 54.2 Å². The Morgan fingerprint density at radius 1 is 1.16 bits per heavy atom. The van der Waals surface area contributed by atoms with E-state index in [0.29, 0.717) is 5.92 Å². The Hall–Kier alpha value is -0.900. The predicted molar refractivity (Wildman–Crippen MR) is 79.1 cm³/mol. The lowest BCUT2D eigenvalue weighted by atomic mass is 10.1. The van der Waals surface area contributed by atoms with Crippen molar-refractivity contribution in [1.29, 1.82) is 0 Å². The summed E-state index contributed by atoms with van der Waals surface area (Å²) in [6.07, 6.45) is 0. The molecule has 19 heavy (non-hydrogen) atoms. The van der Waals surface area contributed by atoms with Crippen molar-refractivity contribution in [2.75, 3.05) is 33.3 Å². The maximum atomic E-state index is 9.52. The van der Waals surface area contributed by atoms with Crippen LogP contribution in [-0.2, 0) is 6.54 Å². The highest BCUT2D eigenvalue weighted by molar-refractivity contribution is 5.21. The Morgan fingerprint density at radius 3 is 2.47 bits per heavy atom. The van der Waals surface area contributed by atoms with Crippen molar-refractivity contribution in [2.45, 2.75) is 26.4 Å². The van der Waals surface area contributed by atoms with Crippen LogP contribution in [0.25, 0.3) is 0 Å². The van der Waals surface area contributed by atoms with Gasteiger partial charge in [-0.25, -0.2) is 0 Å². The summed E-state index contributed by atoms with van der Waals surface area (Å²) in [5, 5.41) is 9.52. The third-order valence-electron chi connectivity index (χ3n) is 4.00. The number of hydrogen-bond donors (Lipinski definition) is 1. The average molecular weight is 262 g/mol. The van der Waals surface area contributed by atoms with Gasteiger partial charge >= 0.3 is 0 Å². The molecule has 1 aliphatic heterocycles. The highest BCUT2D eigenvalue weighted by atomic mass is 16.3. The number of nitrogens with zero attached hydrogens (tertiary/aromatic N) is 2. The van der Waals surface area contributed by atoms with Crippen LogP contribution in [0.1, 0.15) is 18.1 Å². The summed E-state index contributed by atoms with van der Waals surface area (Å²) in [4.78, 5) is 4.76. The summed E-state index contributed by atoms with van der Waals surface area (Å²) < 4.78 is 0. The molecule has 1 saturated heterocycles. The smallest absolute Gasteiger partial charge is 0.0599 e. The van der Waals surface area contributed by atoms with Gasteiger partial charge in [0.05, 0.1) is 6.61 Å². The minimum atomic E-state index is 0.244.